The molecule has 1 aliphatic rings. The van der Waals surface area contributed by atoms with E-state index in [4.69, 9.17) is 16.5 Å². The van der Waals surface area contributed by atoms with Crippen LogP contribution in [-0.2, 0) is 16.1 Å². The van der Waals surface area contributed by atoms with Crippen molar-refractivity contribution < 1.29 is 9.59 Å². The highest BCUT2D eigenvalue weighted by Crippen LogP contribution is 2.35. The number of nitrogens with two attached hydrogens (primary N) is 2. The number of benzene rings is 2. The van der Waals surface area contributed by atoms with Crippen LogP contribution in [0, 0.1) is 12.8 Å². The predicted molar refractivity (Wildman–Crippen MR) is 145 cm³/mol. The summed E-state index contributed by atoms with van der Waals surface area (Å²) in [6.07, 6.45) is 2.64. The number of carbonyl (C=O) groups is 2. The Bertz CT molecular complexity index is 1130. The number of unbranched alkanes of at least 4 members (excludes halogenated alkanes) is 1. The first-order chi connectivity index (χ1) is 16.6. The van der Waals surface area contributed by atoms with Gasteiger partial charge in [-0.15, -0.1) is 0 Å². The number of nitrogens with zero attached hydrogens (tertiary/aromatic N) is 1. The third-order valence-corrected chi connectivity index (χ3v) is 5.79. The molecule has 8 nitrogen and oxygen atoms in total. The number of nitrogens with one attached hydrogen (secondary N) is 3. The largest absolute Gasteiger partial charge is 0.400 e. The van der Waals surface area contributed by atoms with Gasteiger partial charge >= 0.3 is 0 Å². The Labute approximate surface area is 208 Å². The molecular formula is C27H38N6O2. The molecule has 1 unspecified atom stereocenters. The molecule has 1 aliphatic heterocycles. The first-order valence-corrected chi connectivity index (χ1v) is 11.9. The van der Waals surface area contributed by atoms with Crippen molar-refractivity contribution in [2.75, 3.05) is 10.7 Å². The Balaban J connectivity index is 0.00000100. The highest BCUT2D eigenvalue weighted by Gasteiger charge is 2.24. The minimum atomic E-state index is -0.685. The van der Waals surface area contributed by atoms with Gasteiger partial charge in [-0.2, -0.15) is 0 Å². The molecule has 0 aromatic heterocycles. The number of aliphatic imine (C=N–C) groups is 1. The molecule has 2 aromatic carbocycles. The molecule has 0 saturated carbocycles. The molecule has 35 heavy (non-hydrogen) atoms. The molecule has 0 radical (unpaired) electrons. The molecule has 0 spiro atoms. The van der Waals surface area contributed by atoms with Gasteiger partial charge in [0.25, 0.3) is 0 Å². The molecule has 0 aliphatic carbocycles. The standard InChI is InChI=1S/C23H28N6O2.C4H10/c1-12-8-9-19-18(11-26-29-19)20(12)22(21(24)13(2)23(25)31)27-14(3)16-6-5-7-17(10-16)28-15(4)30;1-3-4-2/h5-10,13,26,29H,11,24H2,1-4H3,(H2,25,31)(H,28,30);3-4H2,1-2H3/b22-21+,27-14?;. The van der Waals surface area contributed by atoms with Gasteiger partial charge in [-0.3, -0.25) is 14.6 Å². The predicted octanol–water partition coefficient (Wildman–Crippen LogP) is 4.45. The van der Waals surface area contributed by atoms with Crippen molar-refractivity contribution in [3.8, 4) is 0 Å². The molecule has 0 bridgehead atoms. The summed E-state index contributed by atoms with van der Waals surface area (Å²) >= 11 is 0. The average molecular weight is 479 g/mol. The van der Waals surface area contributed by atoms with E-state index < -0.39 is 11.8 Å². The first kappa shape index (κ1) is 27.6. The number of rotatable bonds is 7. The second kappa shape index (κ2) is 12.7. The van der Waals surface area contributed by atoms with Crippen LogP contribution in [0.3, 0.4) is 0 Å². The number of primary amides is 1. The molecule has 7 N–H and O–H groups in total. The summed E-state index contributed by atoms with van der Waals surface area (Å²) in [6, 6.07) is 11.4. The van der Waals surface area contributed by atoms with Gasteiger partial charge in [0.1, 0.15) is 0 Å². The average Bonchev–Trinajstić information content (AvgIpc) is 3.30. The topological polar surface area (TPSA) is 135 Å². The number of aryl methyl sites for hydroxylation is 1. The van der Waals surface area contributed by atoms with E-state index >= 15 is 0 Å². The molecule has 0 fully saturated rings. The second-order valence-corrected chi connectivity index (χ2v) is 8.65. The maximum Gasteiger partial charge on any atom is 0.226 e. The van der Waals surface area contributed by atoms with Gasteiger partial charge in [0, 0.05) is 41.7 Å². The van der Waals surface area contributed by atoms with Gasteiger partial charge in [0.05, 0.1) is 17.3 Å². The Hall–Kier alpha value is -3.65. The SMILES string of the molecule is CC(=O)Nc1cccc(C(C)=N/C(=C(/N)C(C)C(N)=O)c2c(C)ccc3c2CNN3)c1.CCCC. The minimum absolute atomic E-state index is 0.151. The summed E-state index contributed by atoms with van der Waals surface area (Å²) in [6.45, 7) is 11.9. The number of fused-ring (bicyclic) bond motifs is 1. The van der Waals surface area contributed by atoms with Crippen molar-refractivity contribution in [3.63, 3.8) is 0 Å². The van der Waals surface area contributed by atoms with E-state index in [9.17, 15) is 9.59 Å². The normalized spacial score (nSPS) is 14.1. The van der Waals surface area contributed by atoms with Gasteiger partial charge in [-0.05, 0) is 50.1 Å². The lowest BCUT2D eigenvalue weighted by molar-refractivity contribution is -0.120. The maximum atomic E-state index is 11.9. The smallest absolute Gasteiger partial charge is 0.226 e. The highest BCUT2D eigenvalue weighted by molar-refractivity contribution is 6.04. The van der Waals surface area contributed by atoms with Crippen molar-refractivity contribution in [1.82, 2.24) is 5.43 Å². The Morgan fingerprint density at radius 2 is 1.80 bits per heavy atom. The van der Waals surface area contributed by atoms with Crippen LogP contribution in [0.5, 0.6) is 0 Å². The van der Waals surface area contributed by atoms with Gasteiger partial charge in [0.15, 0.2) is 0 Å². The fourth-order valence-electron chi connectivity index (χ4n) is 3.50. The van der Waals surface area contributed by atoms with Crippen LogP contribution in [-0.4, -0.2) is 17.5 Å². The molecule has 188 valence electrons. The monoisotopic (exact) mass is 478 g/mol. The van der Waals surface area contributed by atoms with Crippen LogP contribution in [0.15, 0.2) is 47.1 Å². The zero-order chi connectivity index (χ0) is 26.1. The van der Waals surface area contributed by atoms with E-state index in [-0.39, 0.29) is 5.91 Å². The first-order valence-electron chi connectivity index (χ1n) is 11.9. The summed E-state index contributed by atoms with van der Waals surface area (Å²) in [7, 11) is 0. The van der Waals surface area contributed by atoms with Gasteiger partial charge < -0.3 is 22.2 Å². The lowest BCUT2D eigenvalue weighted by atomic mass is 9.93. The summed E-state index contributed by atoms with van der Waals surface area (Å²) in [5.74, 6) is -1.35. The number of carbonyl (C=O) groups excluding carboxylic acids is 2. The lowest BCUT2D eigenvalue weighted by Gasteiger charge is -2.18. The number of anilines is 2. The molecule has 2 amide bonds. The molecule has 1 atom stereocenters. The molecular weight excluding hydrogens is 440 g/mol. The third kappa shape index (κ3) is 7.16. The Morgan fingerprint density at radius 1 is 1.11 bits per heavy atom. The van der Waals surface area contributed by atoms with Crippen molar-refractivity contribution in [2.45, 2.75) is 60.9 Å². The van der Waals surface area contributed by atoms with Crippen molar-refractivity contribution in [1.29, 1.82) is 0 Å². The second-order valence-electron chi connectivity index (χ2n) is 8.65. The van der Waals surface area contributed by atoms with E-state index in [0.29, 0.717) is 29.3 Å². The van der Waals surface area contributed by atoms with E-state index in [2.05, 4.69) is 30.0 Å². The summed E-state index contributed by atoms with van der Waals surface area (Å²) in [4.78, 5) is 28.2. The van der Waals surface area contributed by atoms with Gasteiger partial charge in [-0.25, -0.2) is 5.43 Å². The van der Waals surface area contributed by atoms with E-state index in [1.807, 2.05) is 50.2 Å². The highest BCUT2D eigenvalue weighted by atomic mass is 16.1. The molecule has 2 aromatic rings. The number of hydrogen-bond acceptors (Lipinski definition) is 6. The van der Waals surface area contributed by atoms with E-state index in [0.717, 1.165) is 27.9 Å². The van der Waals surface area contributed by atoms with Crippen molar-refractivity contribution in [2.24, 2.45) is 22.4 Å². The molecule has 8 heteroatoms. The number of hydrazine groups is 1. The van der Waals surface area contributed by atoms with Gasteiger partial charge in [0.2, 0.25) is 11.8 Å². The molecule has 1 heterocycles. The van der Waals surface area contributed by atoms with Gasteiger partial charge in [-0.1, -0.05) is 44.9 Å². The number of amides is 2. The Morgan fingerprint density at radius 3 is 2.40 bits per heavy atom. The molecule has 0 saturated heterocycles. The Kier molecular flexibility index (Phi) is 10.0. The number of hydrogen-bond donors (Lipinski definition) is 5. The lowest BCUT2D eigenvalue weighted by Crippen LogP contribution is -2.26. The van der Waals surface area contributed by atoms with Crippen molar-refractivity contribution in [3.05, 3.63) is 64.3 Å². The third-order valence-electron chi connectivity index (χ3n) is 5.79. The van der Waals surface area contributed by atoms with Crippen LogP contribution >= 0.6 is 0 Å². The van der Waals surface area contributed by atoms with Crippen LogP contribution in [0.4, 0.5) is 11.4 Å². The van der Waals surface area contributed by atoms with E-state index in [1.165, 1.54) is 19.8 Å². The molecule has 3 rings (SSSR count). The van der Waals surface area contributed by atoms with Crippen molar-refractivity contribution >= 4 is 34.6 Å². The zero-order valence-electron chi connectivity index (χ0n) is 21.6. The van der Waals surface area contributed by atoms with E-state index in [1.54, 1.807) is 6.92 Å². The summed E-state index contributed by atoms with van der Waals surface area (Å²) in [5.41, 5.74) is 25.1. The zero-order valence-corrected chi connectivity index (χ0v) is 21.6. The minimum Gasteiger partial charge on any atom is -0.400 e. The fourth-order valence-corrected chi connectivity index (χ4v) is 3.50. The van der Waals surface area contributed by atoms with Crippen LogP contribution in [0.1, 0.15) is 69.7 Å². The van der Waals surface area contributed by atoms with Crippen LogP contribution in [0.25, 0.3) is 5.70 Å². The maximum absolute atomic E-state index is 11.9. The summed E-state index contributed by atoms with van der Waals surface area (Å²) < 4.78 is 0. The quantitative estimate of drug-likeness (QED) is 0.375. The fraction of sp³-hybridized carbons (Fsp3) is 0.370. The van der Waals surface area contributed by atoms with Crippen LogP contribution in [0.2, 0.25) is 0 Å². The summed E-state index contributed by atoms with van der Waals surface area (Å²) in [5, 5.41) is 2.78. The van der Waals surface area contributed by atoms with Crippen LogP contribution < -0.4 is 27.6 Å².